The molecule has 0 saturated heterocycles. The van der Waals surface area contributed by atoms with Crippen molar-refractivity contribution >= 4 is 0 Å². The van der Waals surface area contributed by atoms with E-state index in [0.29, 0.717) is 0 Å². The predicted molar refractivity (Wildman–Crippen MR) is 67.3 cm³/mol. The molecule has 0 aliphatic heterocycles. The normalized spacial score (nSPS) is 12.4. The molecule has 2 nitrogen and oxygen atoms in total. The van der Waals surface area contributed by atoms with Crippen LogP contribution in [0.1, 0.15) is 30.4 Å². The molecule has 0 heterocycles. The monoisotopic (exact) mass is 216 g/mol. The molecule has 0 N–H and O–H groups in total. The lowest BCUT2D eigenvalue weighted by Crippen LogP contribution is -2.19. The molecule has 0 spiro atoms. The highest BCUT2D eigenvalue weighted by molar-refractivity contribution is 5.29. The van der Waals surface area contributed by atoms with E-state index in [4.69, 9.17) is 5.26 Å². The van der Waals surface area contributed by atoms with E-state index in [0.717, 1.165) is 18.5 Å². The average molecular weight is 216 g/mol. The summed E-state index contributed by atoms with van der Waals surface area (Å²) in [5.74, 6) is -0.0225. The Labute approximate surface area is 98.5 Å². The Bertz CT molecular complexity index is 346. The standard InChI is InChI=1S/C14H20N2/c1-4-5-12-6-8-13(9-7-12)14(10-15)11-16(2)3/h6-9,14H,4-5,11H2,1-3H3. The fraction of sp³-hybridized carbons (Fsp3) is 0.500. The van der Waals surface area contributed by atoms with Crippen LogP contribution in [0.2, 0.25) is 0 Å². The van der Waals surface area contributed by atoms with Crippen molar-refractivity contribution in [3.8, 4) is 6.07 Å². The van der Waals surface area contributed by atoms with E-state index in [-0.39, 0.29) is 5.92 Å². The van der Waals surface area contributed by atoms with Gasteiger partial charge in [-0.2, -0.15) is 5.26 Å². The molecule has 86 valence electrons. The maximum Gasteiger partial charge on any atom is 0.0839 e. The number of aryl methyl sites for hydroxylation is 1. The van der Waals surface area contributed by atoms with Crippen molar-refractivity contribution in [3.05, 3.63) is 35.4 Å². The molecule has 1 aromatic rings. The van der Waals surface area contributed by atoms with E-state index >= 15 is 0 Å². The second-order valence-corrected chi connectivity index (χ2v) is 4.44. The number of hydrogen-bond acceptors (Lipinski definition) is 2. The smallest absolute Gasteiger partial charge is 0.0839 e. The van der Waals surface area contributed by atoms with E-state index < -0.39 is 0 Å². The zero-order valence-corrected chi connectivity index (χ0v) is 10.4. The summed E-state index contributed by atoms with van der Waals surface area (Å²) in [4.78, 5) is 2.05. The van der Waals surface area contributed by atoms with Crippen molar-refractivity contribution in [1.82, 2.24) is 4.90 Å². The second-order valence-electron chi connectivity index (χ2n) is 4.44. The Morgan fingerprint density at radius 3 is 2.31 bits per heavy atom. The minimum atomic E-state index is -0.0225. The zero-order valence-electron chi connectivity index (χ0n) is 10.4. The van der Waals surface area contributed by atoms with Gasteiger partial charge < -0.3 is 4.90 Å². The molecule has 0 aliphatic carbocycles. The number of nitriles is 1. The van der Waals surface area contributed by atoms with Gasteiger partial charge in [0, 0.05) is 6.54 Å². The van der Waals surface area contributed by atoms with E-state index in [1.807, 2.05) is 19.0 Å². The average Bonchev–Trinajstić information content (AvgIpc) is 2.27. The van der Waals surface area contributed by atoms with Crippen molar-refractivity contribution in [1.29, 1.82) is 5.26 Å². The number of hydrogen-bond donors (Lipinski definition) is 0. The molecule has 1 aromatic carbocycles. The molecule has 0 aromatic heterocycles. The fourth-order valence-electron chi connectivity index (χ4n) is 1.79. The van der Waals surface area contributed by atoms with Gasteiger partial charge in [0.1, 0.15) is 0 Å². The first-order valence-electron chi connectivity index (χ1n) is 5.80. The topological polar surface area (TPSA) is 27.0 Å². The van der Waals surface area contributed by atoms with Crippen LogP contribution in [0, 0.1) is 11.3 Å². The van der Waals surface area contributed by atoms with Crippen LogP contribution in [0.5, 0.6) is 0 Å². The van der Waals surface area contributed by atoms with Gasteiger partial charge in [0.15, 0.2) is 0 Å². The van der Waals surface area contributed by atoms with Crippen LogP contribution in [0.4, 0.5) is 0 Å². The summed E-state index contributed by atoms with van der Waals surface area (Å²) < 4.78 is 0. The summed E-state index contributed by atoms with van der Waals surface area (Å²) in [6.07, 6.45) is 2.28. The first-order chi connectivity index (χ1) is 7.67. The van der Waals surface area contributed by atoms with Gasteiger partial charge >= 0.3 is 0 Å². The van der Waals surface area contributed by atoms with Crippen molar-refractivity contribution in [3.63, 3.8) is 0 Å². The number of likely N-dealkylation sites (N-methyl/N-ethyl adjacent to an activating group) is 1. The summed E-state index contributed by atoms with van der Waals surface area (Å²) in [5, 5.41) is 9.12. The number of benzene rings is 1. The molecule has 2 heteroatoms. The van der Waals surface area contributed by atoms with Crippen molar-refractivity contribution in [2.45, 2.75) is 25.7 Å². The van der Waals surface area contributed by atoms with Crippen molar-refractivity contribution in [2.24, 2.45) is 0 Å². The fourth-order valence-corrected chi connectivity index (χ4v) is 1.79. The highest BCUT2D eigenvalue weighted by atomic mass is 15.1. The highest BCUT2D eigenvalue weighted by Gasteiger charge is 2.11. The third-order valence-electron chi connectivity index (χ3n) is 2.62. The Morgan fingerprint density at radius 2 is 1.88 bits per heavy atom. The van der Waals surface area contributed by atoms with Gasteiger partial charge in [-0.1, -0.05) is 37.6 Å². The second kappa shape index (κ2) is 6.30. The van der Waals surface area contributed by atoms with Gasteiger partial charge in [0.05, 0.1) is 12.0 Å². The largest absolute Gasteiger partial charge is 0.308 e. The quantitative estimate of drug-likeness (QED) is 0.756. The van der Waals surface area contributed by atoms with Gasteiger partial charge in [0.2, 0.25) is 0 Å². The Kier molecular flexibility index (Phi) is 5.01. The van der Waals surface area contributed by atoms with Crippen LogP contribution in [0.15, 0.2) is 24.3 Å². The molecule has 1 atom stereocenters. The molecule has 0 fully saturated rings. The maximum absolute atomic E-state index is 9.12. The minimum absolute atomic E-state index is 0.0225. The lowest BCUT2D eigenvalue weighted by molar-refractivity contribution is 0.398. The van der Waals surface area contributed by atoms with Crippen LogP contribution < -0.4 is 0 Å². The SMILES string of the molecule is CCCc1ccc(C(C#N)CN(C)C)cc1. The maximum atomic E-state index is 9.12. The van der Waals surface area contributed by atoms with E-state index in [1.54, 1.807) is 0 Å². The summed E-state index contributed by atoms with van der Waals surface area (Å²) in [6, 6.07) is 10.8. The summed E-state index contributed by atoms with van der Waals surface area (Å²) >= 11 is 0. The highest BCUT2D eigenvalue weighted by Crippen LogP contribution is 2.17. The zero-order chi connectivity index (χ0) is 12.0. The Hall–Kier alpha value is -1.33. The number of nitrogens with zero attached hydrogens (tertiary/aromatic N) is 2. The molecule has 1 rings (SSSR count). The molecular formula is C14H20N2. The molecule has 0 aliphatic rings. The molecule has 0 bridgehead atoms. The van der Waals surface area contributed by atoms with Gasteiger partial charge in [-0.15, -0.1) is 0 Å². The van der Waals surface area contributed by atoms with E-state index in [2.05, 4.69) is 37.3 Å². The van der Waals surface area contributed by atoms with Crippen molar-refractivity contribution < 1.29 is 0 Å². The molecule has 16 heavy (non-hydrogen) atoms. The van der Waals surface area contributed by atoms with Crippen LogP contribution in [-0.4, -0.2) is 25.5 Å². The van der Waals surface area contributed by atoms with Crippen LogP contribution >= 0.6 is 0 Å². The molecule has 1 unspecified atom stereocenters. The summed E-state index contributed by atoms with van der Waals surface area (Å²) in [7, 11) is 3.99. The van der Waals surface area contributed by atoms with Crippen LogP contribution in [-0.2, 0) is 6.42 Å². The molecular weight excluding hydrogens is 196 g/mol. The first kappa shape index (κ1) is 12.7. The lowest BCUT2D eigenvalue weighted by atomic mass is 9.98. The third kappa shape index (κ3) is 3.67. The lowest BCUT2D eigenvalue weighted by Gasteiger charge is -2.15. The molecule has 0 amide bonds. The van der Waals surface area contributed by atoms with Gasteiger partial charge in [0.25, 0.3) is 0 Å². The van der Waals surface area contributed by atoms with Crippen molar-refractivity contribution in [2.75, 3.05) is 20.6 Å². The van der Waals surface area contributed by atoms with Gasteiger partial charge in [-0.3, -0.25) is 0 Å². The van der Waals surface area contributed by atoms with E-state index in [9.17, 15) is 0 Å². The van der Waals surface area contributed by atoms with Crippen LogP contribution in [0.3, 0.4) is 0 Å². The van der Waals surface area contributed by atoms with Crippen LogP contribution in [0.25, 0.3) is 0 Å². The third-order valence-corrected chi connectivity index (χ3v) is 2.62. The molecule has 0 saturated carbocycles. The van der Waals surface area contributed by atoms with Gasteiger partial charge in [-0.25, -0.2) is 0 Å². The Morgan fingerprint density at radius 1 is 1.25 bits per heavy atom. The summed E-state index contributed by atoms with van der Waals surface area (Å²) in [5.41, 5.74) is 2.48. The first-order valence-corrected chi connectivity index (χ1v) is 5.80. The Balaban J connectivity index is 2.75. The van der Waals surface area contributed by atoms with E-state index in [1.165, 1.54) is 12.0 Å². The molecule has 0 radical (unpaired) electrons. The van der Waals surface area contributed by atoms with Gasteiger partial charge in [-0.05, 0) is 31.6 Å². The minimum Gasteiger partial charge on any atom is -0.308 e. The predicted octanol–water partition coefficient (Wildman–Crippen LogP) is 2.81. The number of rotatable bonds is 5. The summed E-state index contributed by atoms with van der Waals surface area (Å²) in [6.45, 7) is 2.96.